The average molecular weight is 1150 g/mol. The molecule has 0 radical (unpaired) electrons. The minimum Gasteiger partial charge on any atom is -0.508 e. The third kappa shape index (κ3) is 19.1. The number of primary amides is 1. The number of aromatic amines is 2. The summed E-state index contributed by atoms with van der Waals surface area (Å²) in [6.45, 7) is 0.261. The first kappa shape index (κ1) is 63.8. The lowest BCUT2D eigenvalue weighted by molar-refractivity contribution is -0.136. The molecule has 0 bridgehead atoms. The van der Waals surface area contributed by atoms with E-state index in [9.17, 15) is 61.4 Å². The molecular formula is C52H68F3N15O12. The molecule has 5 rings (SSSR count). The molecule has 8 amide bonds. The number of carbonyl (C=O) groups excluding carboxylic acids is 8. The fraction of sp³-hybridized carbons (Fsp3) is 0.442. The number of nitrogens with one attached hydrogen (secondary N) is 9. The Hall–Kier alpha value is -9.06. The number of aromatic hydroxyl groups is 1. The highest BCUT2D eigenvalue weighted by atomic mass is 19.4. The van der Waals surface area contributed by atoms with E-state index in [1.807, 2.05) is 0 Å². The van der Waals surface area contributed by atoms with Crippen LogP contribution in [0.2, 0.25) is 0 Å². The van der Waals surface area contributed by atoms with Gasteiger partial charge in [0, 0.05) is 67.1 Å². The summed E-state index contributed by atoms with van der Waals surface area (Å²) < 4.78 is 53.4. The molecule has 2 aromatic carbocycles. The molecule has 444 valence electrons. The monoisotopic (exact) mass is 1150 g/mol. The predicted octanol–water partition coefficient (Wildman–Crippen LogP) is -1.29. The number of unbranched alkanes of at least 4 members (excludes halogenated alkanes) is 2. The molecule has 30 heteroatoms. The molecule has 0 saturated heterocycles. The fourth-order valence-electron chi connectivity index (χ4n) is 8.46. The molecular weight excluding hydrogens is 1080 g/mol. The molecule has 0 spiro atoms. The number of hydrogen-bond donors (Lipinski definition) is 13. The molecule has 5 aromatic rings. The van der Waals surface area contributed by atoms with Gasteiger partial charge in [-0.2, -0.15) is 13.2 Å². The first-order valence-corrected chi connectivity index (χ1v) is 25.9. The zero-order chi connectivity index (χ0) is 60.1. The Kier molecular flexibility index (Phi) is 23.7. The number of phenolic OH excluding ortho intramolecular Hbond substituents is 1. The van der Waals surface area contributed by atoms with Gasteiger partial charge in [-0.3, -0.25) is 47.7 Å². The third-order valence-electron chi connectivity index (χ3n) is 12.8. The number of imidazole rings is 2. The Balaban J connectivity index is 1.31. The highest BCUT2D eigenvalue weighted by Crippen LogP contribution is 2.39. The van der Waals surface area contributed by atoms with Crippen molar-refractivity contribution in [3.8, 4) is 17.2 Å². The number of halogens is 3. The van der Waals surface area contributed by atoms with E-state index in [1.165, 1.54) is 70.5 Å². The number of ether oxygens (including phenoxy) is 2. The van der Waals surface area contributed by atoms with Gasteiger partial charge < -0.3 is 79.0 Å². The van der Waals surface area contributed by atoms with Gasteiger partial charge in [-0.25, -0.2) is 9.97 Å². The Bertz CT molecular complexity index is 3050. The lowest BCUT2D eigenvalue weighted by Gasteiger charge is -2.27. The van der Waals surface area contributed by atoms with E-state index in [2.05, 4.69) is 57.2 Å². The summed E-state index contributed by atoms with van der Waals surface area (Å²) in [5.41, 5.74) is 15.8. The maximum Gasteiger partial charge on any atom is 0.417 e. The molecule has 0 saturated carbocycles. The zero-order valence-electron chi connectivity index (χ0n) is 45.2. The summed E-state index contributed by atoms with van der Waals surface area (Å²) in [6, 6.07) is 0.430. The average Bonchev–Trinajstić information content (AvgIpc) is 4.25. The lowest BCUT2D eigenvalue weighted by Crippen LogP contribution is -2.60. The lowest BCUT2D eigenvalue weighted by atomic mass is 10.0. The quantitative estimate of drug-likeness (QED) is 0.0223. The summed E-state index contributed by atoms with van der Waals surface area (Å²) in [5, 5.41) is 27.6. The van der Waals surface area contributed by atoms with Gasteiger partial charge in [0.15, 0.2) is 11.5 Å². The summed E-state index contributed by atoms with van der Waals surface area (Å²) in [6.07, 6.45) is 1.31. The number of alkyl halides is 3. The Morgan fingerprint density at radius 2 is 1.24 bits per heavy atom. The number of fused-ring (bicyclic) bond motifs is 1. The number of carbonyl (C=O) groups is 8. The van der Waals surface area contributed by atoms with Crippen molar-refractivity contribution in [1.29, 1.82) is 0 Å². The highest BCUT2D eigenvalue weighted by molar-refractivity contribution is 5.97. The van der Waals surface area contributed by atoms with Crippen LogP contribution in [0.3, 0.4) is 0 Å². The topological polar surface area (TPSA) is 417 Å². The number of H-pyrrole nitrogens is 2. The first-order valence-electron chi connectivity index (χ1n) is 25.9. The van der Waals surface area contributed by atoms with Crippen LogP contribution < -0.4 is 69.5 Å². The summed E-state index contributed by atoms with van der Waals surface area (Å²) in [5.74, 6) is -6.71. The largest absolute Gasteiger partial charge is 0.508 e. The van der Waals surface area contributed by atoms with Crippen molar-refractivity contribution in [3.63, 3.8) is 0 Å². The van der Waals surface area contributed by atoms with Crippen LogP contribution in [-0.2, 0) is 70.3 Å². The number of amides is 8. The van der Waals surface area contributed by atoms with Crippen molar-refractivity contribution in [2.45, 2.75) is 114 Å². The van der Waals surface area contributed by atoms with Crippen molar-refractivity contribution >= 4 is 58.2 Å². The van der Waals surface area contributed by atoms with Crippen LogP contribution in [0.4, 0.5) is 13.2 Å². The van der Waals surface area contributed by atoms with Crippen molar-refractivity contribution in [2.75, 3.05) is 33.9 Å². The molecule has 3 heterocycles. The van der Waals surface area contributed by atoms with Gasteiger partial charge in [-0.1, -0.05) is 12.1 Å². The Morgan fingerprint density at radius 3 is 1.82 bits per heavy atom. The van der Waals surface area contributed by atoms with Gasteiger partial charge in [0.1, 0.15) is 42.5 Å². The standard InChI is InChI=1S/C52H68F3N15O12/c1-28(65-47(76)35(57)17-30-22-59-26-63-30)46(75)66-37(8-4-6-14-56)49(78)68-38(16-29-10-12-32(71)13-11-29)50(79)69-39(18-31-23-60-27-64-31)51(80)67-36(48(77)62-24-43(58)72)9-5-7-15-61-44(73)25-70-40-21-42(82-3)41(81-2)19-33(40)34(20-45(70)74)52(53,54)55/h10-13,19-23,26-28,35-39,71H,4-9,14-18,24-25,56-57H2,1-3H3,(H2,58,72)(H,59,63)(H,60,64)(H,61,73)(H,62,77)(H,65,76)(H,66,75)(H,67,80)(H,68,78)(H,69,79)/t28-,35-,36-,37-,38-,39-/m0/s1. The van der Waals surface area contributed by atoms with Gasteiger partial charge in [-0.05, 0) is 75.8 Å². The van der Waals surface area contributed by atoms with Gasteiger partial charge in [0.2, 0.25) is 47.3 Å². The molecule has 6 atom stereocenters. The number of methoxy groups -OCH3 is 2. The van der Waals surface area contributed by atoms with Crippen molar-refractivity contribution in [3.05, 3.63) is 100 Å². The van der Waals surface area contributed by atoms with Gasteiger partial charge in [-0.15, -0.1) is 0 Å². The van der Waals surface area contributed by atoms with Crippen molar-refractivity contribution in [2.24, 2.45) is 17.2 Å². The molecule has 0 fully saturated rings. The summed E-state index contributed by atoms with van der Waals surface area (Å²) >= 11 is 0. The number of phenols is 1. The van der Waals surface area contributed by atoms with E-state index < -0.39 is 119 Å². The molecule has 0 aliphatic carbocycles. The van der Waals surface area contributed by atoms with Crippen LogP contribution in [-0.4, -0.2) is 147 Å². The highest BCUT2D eigenvalue weighted by Gasteiger charge is 2.36. The smallest absolute Gasteiger partial charge is 0.417 e. The Morgan fingerprint density at radius 1 is 0.695 bits per heavy atom. The molecule has 0 unspecified atom stereocenters. The number of nitrogens with zero attached hydrogens (tertiary/aromatic N) is 3. The predicted molar refractivity (Wildman–Crippen MR) is 288 cm³/mol. The van der Waals surface area contributed by atoms with E-state index in [-0.39, 0.29) is 80.8 Å². The molecule has 27 nitrogen and oxygen atoms in total. The third-order valence-corrected chi connectivity index (χ3v) is 12.8. The van der Waals surface area contributed by atoms with Crippen molar-refractivity contribution < 1.29 is 66.1 Å². The number of nitrogens with two attached hydrogens (primary N) is 3. The van der Waals surface area contributed by atoms with Gasteiger partial charge in [0.25, 0.3) is 5.56 Å². The van der Waals surface area contributed by atoms with E-state index in [0.29, 0.717) is 35.9 Å². The molecule has 0 aliphatic rings. The maximum absolute atomic E-state index is 14.5. The zero-order valence-corrected chi connectivity index (χ0v) is 45.2. The van der Waals surface area contributed by atoms with E-state index >= 15 is 0 Å². The van der Waals surface area contributed by atoms with Crippen LogP contribution >= 0.6 is 0 Å². The van der Waals surface area contributed by atoms with Gasteiger partial charge >= 0.3 is 6.18 Å². The second-order valence-corrected chi connectivity index (χ2v) is 19.0. The molecule has 0 aliphatic heterocycles. The molecule has 16 N–H and O–H groups in total. The summed E-state index contributed by atoms with van der Waals surface area (Å²) in [7, 11) is 2.47. The van der Waals surface area contributed by atoms with Crippen LogP contribution in [0.25, 0.3) is 10.9 Å². The minimum atomic E-state index is -4.93. The second-order valence-electron chi connectivity index (χ2n) is 19.0. The second kappa shape index (κ2) is 30.5. The number of rotatable bonds is 32. The normalized spacial score (nSPS) is 13.5. The Labute approximate surface area is 467 Å². The number of aromatic nitrogens is 5. The van der Waals surface area contributed by atoms with Gasteiger partial charge in [0.05, 0.1) is 50.5 Å². The van der Waals surface area contributed by atoms with Crippen LogP contribution in [0.5, 0.6) is 17.2 Å². The van der Waals surface area contributed by atoms with Crippen LogP contribution in [0.1, 0.15) is 68.0 Å². The number of hydrogen-bond acceptors (Lipinski definition) is 16. The fourth-order valence-corrected chi connectivity index (χ4v) is 8.46. The minimum absolute atomic E-state index is 0.00139. The maximum atomic E-state index is 14.5. The molecule has 3 aromatic heterocycles. The van der Waals surface area contributed by atoms with E-state index in [0.717, 1.165) is 16.7 Å². The van der Waals surface area contributed by atoms with Crippen molar-refractivity contribution in [1.82, 2.24) is 61.7 Å². The molecule has 82 heavy (non-hydrogen) atoms. The van der Waals surface area contributed by atoms with Crippen LogP contribution in [0.15, 0.2) is 72.3 Å². The van der Waals surface area contributed by atoms with Crippen LogP contribution in [0, 0.1) is 0 Å². The number of benzene rings is 2. The SMILES string of the molecule is COc1cc2c(C(F)(F)F)cc(=O)n(CC(=O)NCCCC[C@H](NC(=O)[C@H](Cc3cnc[nH]3)NC(=O)[C@H](Cc3ccc(O)cc3)NC(=O)[C@H](CCCCN)NC(=O)[C@H](C)NC(=O)[C@@H](N)Cc3cnc[nH]3)C(=O)NCC(N)=O)c2cc1OC. The van der Waals surface area contributed by atoms with E-state index in [4.69, 9.17) is 26.7 Å². The number of pyridine rings is 1. The summed E-state index contributed by atoms with van der Waals surface area (Å²) in [4.78, 5) is 135. The first-order chi connectivity index (χ1) is 39.0. The van der Waals surface area contributed by atoms with E-state index in [1.54, 1.807) is 0 Å².